The number of carbonyl (C=O) groups excluding carboxylic acids is 1. The van der Waals surface area contributed by atoms with Gasteiger partial charge in [-0.15, -0.1) is 0 Å². The molecule has 0 radical (unpaired) electrons. The van der Waals surface area contributed by atoms with Gasteiger partial charge in [-0.25, -0.2) is 13.2 Å². The molecular formula is C17H25N3O6S. The summed E-state index contributed by atoms with van der Waals surface area (Å²) in [6.45, 7) is 6.36. The van der Waals surface area contributed by atoms with E-state index in [9.17, 15) is 23.3 Å². The van der Waals surface area contributed by atoms with Crippen LogP contribution in [0.25, 0.3) is 0 Å². The summed E-state index contributed by atoms with van der Waals surface area (Å²) >= 11 is 0. The topological polar surface area (TPSA) is 119 Å². The van der Waals surface area contributed by atoms with E-state index in [1.165, 1.54) is 12.1 Å². The maximum absolute atomic E-state index is 11.9. The average molecular weight is 399 g/mol. The zero-order valence-electron chi connectivity index (χ0n) is 15.9. The van der Waals surface area contributed by atoms with Crippen molar-refractivity contribution in [2.75, 3.05) is 24.2 Å². The number of sulfone groups is 1. The molecule has 1 heterocycles. The summed E-state index contributed by atoms with van der Waals surface area (Å²) in [6, 6.07) is 3.86. The fraction of sp³-hybridized carbons (Fsp3) is 0.588. The highest BCUT2D eigenvalue weighted by atomic mass is 32.2. The predicted octanol–water partition coefficient (Wildman–Crippen LogP) is 2.49. The molecule has 1 amide bonds. The van der Waals surface area contributed by atoms with Gasteiger partial charge in [0.2, 0.25) is 0 Å². The molecule has 10 heteroatoms. The monoisotopic (exact) mass is 399 g/mol. The smallest absolute Gasteiger partial charge is 0.407 e. The maximum Gasteiger partial charge on any atom is 0.407 e. The van der Waals surface area contributed by atoms with Crippen molar-refractivity contribution in [1.29, 1.82) is 0 Å². The number of anilines is 1. The highest BCUT2D eigenvalue weighted by Gasteiger charge is 2.28. The summed E-state index contributed by atoms with van der Waals surface area (Å²) in [6.07, 6.45) is 1.73. The summed E-state index contributed by atoms with van der Waals surface area (Å²) in [5.74, 6) is 0. The number of piperidine rings is 1. The minimum absolute atomic E-state index is 0.0783. The highest BCUT2D eigenvalue weighted by molar-refractivity contribution is 7.90. The number of nitrogens with zero attached hydrogens (tertiary/aromatic N) is 2. The van der Waals surface area contributed by atoms with E-state index >= 15 is 0 Å². The van der Waals surface area contributed by atoms with Crippen LogP contribution in [-0.2, 0) is 14.6 Å². The Morgan fingerprint density at radius 2 is 1.89 bits per heavy atom. The second kappa shape index (κ2) is 7.71. The lowest BCUT2D eigenvalue weighted by atomic mass is 10.0. The third kappa shape index (κ3) is 5.81. The molecule has 0 atom stereocenters. The largest absolute Gasteiger partial charge is 0.444 e. The van der Waals surface area contributed by atoms with E-state index in [-0.39, 0.29) is 16.6 Å². The van der Waals surface area contributed by atoms with Crippen LogP contribution in [0.15, 0.2) is 23.1 Å². The molecule has 1 fully saturated rings. The van der Waals surface area contributed by atoms with Crippen LogP contribution in [0.3, 0.4) is 0 Å². The van der Waals surface area contributed by atoms with Gasteiger partial charge in [0.25, 0.3) is 5.69 Å². The third-order valence-corrected chi connectivity index (χ3v) is 5.24. The third-order valence-electron chi connectivity index (χ3n) is 4.13. The number of alkyl carbamates (subject to hydrolysis) is 1. The first-order chi connectivity index (χ1) is 12.4. The van der Waals surface area contributed by atoms with Crippen molar-refractivity contribution < 1.29 is 22.9 Å². The van der Waals surface area contributed by atoms with Crippen LogP contribution in [0.4, 0.5) is 16.2 Å². The average Bonchev–Trinajstić information content (AvgIpc) is 2.52. The minimum atomic E-state index is -3.53. The van der Waals surface area contributed by atoms with Gasteiger partial charge >= 0.3 is 6.09 Å². The Morgan fingerprint density at radius 3 is 2.37 bits per heavy atom. The highest BCUT2D eigenvalue weighted by Crippen LogP contribution is 2.32. The van der Waals surface area contributed by atoms with E-state index in [0.717, 1.165) is 12.3 Å². The maximum atomic E-state index is 11.9. The number of nitrogens with one attached hydrogen (secondary N) is 1. The zero-order valence-corrected chi connectivity index (χ0v) is 16.7. The lowest BCUT2D eigenvalue weighted by Gasteiger charge is -2.34. The summed E-state index contributed by atoms with van der Waals surface area (Å²) in [5.41, 5.74) is -0.438. The van der Waals surface area contributed by atoms with Gasteiger partial charge in [0.05, 0.1) is 9.82 Å². The van der Waals surface area contributed by atoms with E-state index in [1.54, 1.807) is 20.8 Å². The van der Waals surface area contributed by atoms with Gasteiger partial charge < -0.3 is 15.0 Å². The van der Waals surface area contributed by atoms with E-state index in [4.69, 9.17) is 4.74 Å². The Balaban J connectivity index is 2.07. The first-order valence-electron chi connectivity index (χ1n) is 8.60. The summed E-state index contributed by atoms with van der Waals surface area (Å²) < 4.78 is 28.5. The number of hydrogen-bond donors (Lipinski definition) is 1. The first-order valence-corrected chi connectivity index (χ1v) is 10.5. The van der Waals surface area contributed by atoms with E-state index in [2.05, 4.69) is 5.32 Å². The molecule has 0 saturated carbocycles. The molecule has 0 spiro atoms. The van der Waals surface area contributed by atoms with Crippen molar-refractivity contribution in [3.05, 3.63) is 28.3 Å². The van der Waals surface area contributed by atoms with Gasteiger partial charge in [-0.3, -0.25) is 10.1 Å². The molecule has 9 nitrogen and oxygen atoms in total. The van der Waals surface area contributed by atoms with Crippen molar-refractivity contribution in [2.24, 2.45) is 0 Å². The fourth-order valence-electron chi connectivity index (χ4n) is 2.89. The van der Waals surface area contributed by atoms with Crippen molar-refractivity contribution in [2.45, 2.75) is 50.2 Å². The number of nitro benzene ring substituents is 1. The van der Waals surface area contributed by atoms with E-state index < -0.39 is 26.5 Å². The second-order valence-electron chi connectivity index (χ2n) is 7.59. The van der Waals surface area contributed by atoms with Gasteiger partial charge in [-0.05, 0) is 45.7 Å². The number of hydrogen-bond acceptors (Lipinski definition) is 7. The van der Waals surface area contributed by atoms with Gasteiger partial charge in [0, 0.05) is 31.5 Å². The number of rotatable bonds is 4. The van der Waals surface area contributed by atoms with Crippen LogP contribution in [-0.4, -0.2) is 50.4 Å². The molecule has 2 rings (SSSR count). The van der Waals surface area contributed by atoms with E-state index in [1.807, 2.05) is 4.90 Å². The van der Waals surface area contributed by atoms with Crippen molar-refractivity contribution in [3.8, 4) is 0 Å². The molecular weight excluding hydrogens is 374 g/mol. The zero-order chi connectivity index (χ0) is 20.4. The fourth-order valence-corrected chi connectivity index (χ4v) is 3.53. The Labute approximate surface area is 158 Å². The minimum Gasteiger partial charge on any atom is -0.444 e. The van der Waals surface area contributed by atoms with Crippen LogP contribution >= 0.6 is 0 Å². The molecule has 1 aromatic rings. The molecule has 0 aromatic heterocycles. The van der Waals surface area contributed by atoms with Crippen LogP contribution in [0, 0.1) is 10.1 Å². The Morgan fingerprint density at radius 1 is 1.30 bits per heavy atom. The van der Waals surface area contributed by atoms with Crippen LogP contribution in [0.1, 0.15) is 33.6 Å². The number of amides is 1. The van der Waals surface area contributed by atoms with Crippen LogP contribution in [0.5, 0.6) is 0 Å². The number of benzene rings is 1. The second-order valence-corrected chi connectivity index (χ2v) is 9.60. The molecule has 0 bridgehead atoms. The quantitative estimate of drug-likeness (QED) is 0.610. The molecule has 1 aliphatic heterocycles. The lowest BCUT2D eigenvalue weighted by Crippen LogP contribution is -2.46. The van der Waals surface area contributed by atoms with Gasteiger partial charge in [0.1, 0.15) is 11.3 Å². The number of nitro groups is 1. The van der Waals surface area contributed by atoms with Gasteiger partial charge in [-0.2, -0.15) is 0 Å². The molecule has 1 saturated heterocycles. The standard InChI is InChI=1S/C17H25N3O6S/c1-17(2,3)26-16(21)18-12-7-9-19(10-8-12)14-6-5-13(27(4,24)25)11-15(14)20(22)23/h5-6,11-12H,7-10H2,1-4H3,(H,18,21). The summed E-state index contributed by atoms with van der Waals surface area (Å²) in [5, 5.41) is 14.2. The first kappa shape index (κ1) is 20.9. The predicted molar refractivity (Wildman–Crippen MR) is 101 cm³/mol. The normalized spacial score (nSPS) is 16.1. The van der Waals surface area contributed by atoms with Crippen LogP contribution in [0.2, 0.25) is 0 Å². The van der Waals surface area contributed by atoms with Crippen molar-refractivity contribution in [1.82, 2.24) is 5.32 Å². The molecule has 150 valence electrons. The summed E-state index contributed by atoms with van der Waals surface area (Å²) in [4.78, 5) is 24.4. The molecule has 0 unspecified atom stereocenters. The number of carbonyl (C=O) groups is 1. The Bertz CT molecular complexity index is 824. The molecule has 1 N–H and O–H groups in total. The van der Waals surface area contributed by atoms with Gasteiger partial charge in [-0.1, -0.05) is 0 Å². The molecule has 27 heavy (non-hydrogen) atoms. The Hall–Kier alpha value is -2.36. The summed E-state index contributed by atoms with van der Waals surface area (Å²) in [7, 11) is -3.53. The van der Waals surface area contributed by atoms with Crippen molar-refractivity contribution in [3.63, 3.8) is 0 Å². The van der Waals surface area contributed by atoms with E-state index in [0.29, 0.717) is 31.6 Å². The molecule has 1 aromatic carbocycles. The van der Waals surface area contributed by atoms with Crippen molar-refractivity contribution >= 4 is 27.3 Å². The molecule has 0 aliphatic carbocycles. The SMILES string of the molecule is CC(C)(C)OC(=O)NC1CCN(c2ccc(S(C)(=O)=O)cc2[N+](=O)[O-])CC1. The number of ether oxygens (including phenoxy) is 1. The molecule has 1 aliphatic rings. The van der Waals surface area contributed by atoms with Crippen LogP contribution < -0.4 is 10.2 Å². The lowest BCUT2D eigenvalue weighted by molar-refractivity contribution is -0.384. The van der Waals surface area contributed by atoms with Gasteiger partial charge in [0.15, 0.2) is 9.84 Å². The Kier molecular flexibility index (Phi) is 5.98.